The van der Waals surface area contributed by atoms with E-state index in [1.54, 1.807) is 0 Å². The molecule has 2 N–H and O–H groups in total. The summed E-state index contributed by atoms with van der Waals surface area (Å²) in [6.45, 7) is 2.15. The van der Waals surface area contributed by atoms with Gasteiger partial charge in [0.1, 0.15) is 0 Å². The van der Waals surface area contributed by atoms with Crippen molar-refractivity contribution in [1.82, 2.24) is 0 Å². The van der Waals surface area contributed by atoms with Gasteiger partial charge in [-0.25, -0.2) is 0 Å². The number of aliphatic hydroxyl groups is 2. The van der Waals surface area contributed by atoms with Crippen LogP contribution in [0.2, 0.25) is 0 Å². The third kappa shape index (κ3) is 17.1. The first-order valence-corrected chi connectivity index (χ1v) is 8.08. The molecule has 0 fully saturated rings. The van der Waals surface area contributed by atoms with E-state index < -0.39 is 6.29 Å². The molecule has 0 saturated carbocycles. The van der Waals surface area contributed by atoms with Crippen molar-refractivity contribution in [1.29, 1.82) is 0 Å². The van der Waals surface area contributed by atoms with Crippen molar-refractivity contribution in [3.63, 3.8) is 0 Å². The Bertz CT molecular complexity index is 265. The molecule has 2 nitrogen and oxygen atoms in total. The second kappa shape index (κ2) is 16.2. The molecule has 116 valence electrons. The lowest BCUT2D eigenvalue weighted by Crippen LogP contribution is -2.02. The Morgan fingerprint density at radius 2 is 1.25 bits per heavy atom. The van der Waals surface area contributed by atoms with Gasteiger partial charge in [0.25, 0.3) is 0 Å². The van der Waals surface area contributed by atoms with E-state index >= 15 is 0 Å². The molecule has 0 spiro atoms. The average molecular weight is 280 g/mol. The summed E-state index contributed by atoms with van der Waals surface area (Å²) in [6, 6.07) is 0. The van der Waals surface area contributed by atoms with Crippen molar-refractivity contribution < 1.29 is 10.2 Å². The first-order valence-electron chi connectivity index (χ1n) is 8.08. The fraction of sp³-hybridized carbons (Fsp3) is 0.667. The van der Waals surface area contributed by atoms with Crippen molar-refractivity contribution in [2.75, 3.05) is 0 Å². The summed E-state index contributed by atoms with van der Waals surface area (Å²) < 4.78 is 0. The van der Waals surface area contributed by atoms with E-state index in [0.717, 1.165) is 38.5 Å². The molecule has 0 aromatic carbocycles. The molecule has 0 saturated heterocycles. The maximum Gasteiger partial charge on any atom is 0.151 e. The first kappa shape index (κ1) is 19.1. The van der Waals surface area contributed by atoms with Crippen molar-refractivity contribution in [3.8, 4) is 0 Å². The molecule has 0 aromatic rings. The molecule has 0 aliphatic rings. The van der Waals surface area contributed by atoms with E-state index in [2.05, 4.69) is 43.4 Å². The van der Waals surface area contributed by atoms with Gasteiger partial charge >= 0.3 is 0 Å². The normalized spacial score (nSPS) is 12.6. The van der Waals surface area contributed by atoms with Crippen LogP contribution < -0.4 is 0 Å². The highest BCUT2D eigenvalue weighted by atomic mass is 16.5. The largest absolute Gasteiger partial charge is 0.368 e. The quantitative estimate of drug-likeness (QED) is 0.286. The number of unbranched alkanes of at least 4 members (excludes halogenated alkanes) is 5. The Labute approximate surface area is 124 Å². The summed E-state index contributed by atoms with van der Waals surface area (Å²) in [5.41, 5.74) is 0. The minimum atomic E-state index is -1.12. The van der Waals surface area contributed by atoms with E-state index in [-0.39, 0.29) is 0 Å². The van der Waals surface area contributed by atoms with Crippen LogP contribution in [0, 0.1) is 0 Å². The summed E-state index contributed by atoms with van der Waals surface area (Å²) in [4.78, 5) is 0. The Morgan fingerprint density at radius 1 is 0.700 bits per heavy atom. The van der Waals surface area contributed by atoms with Crippen molar-refractivity contribution in [3.05, 3.63) is 36.5 Å². The van der Waals surface area contributed by atoms with Crippen LogP contribution in [-0.4, -0.2) is 16.5 Å². The SMILES string of the molecule is CC/C=C\C/C=C\C/C=C\CCCCCCCC(O)O. The van der Waals surface area contributed by atoms with E-state index in [4.69, 9.17) is 10.2 Å². The van der Waals surface area contributed by atoms with Gasteiger partial charge in [0.15, 0.2) is 6.29 Å². The molecule has 0 aliphatic carbocycles. The minimum Gasteiger partial charge on any atom is -0.368 e. The van der Waals surface area contributed by atoms with Crippen LogP contribution in [0.4, 0.5) is 0 Å². The highest BCUT2D eigenvalue weighted by molar-refractivity contribution is 4.96. The number of aliphatic hydroxyl groups excluding tert-OH is 1. The van der Waals surface area contributed by atoms with Crippen LogP contribution in [-0.2, 0) is 0 Å². The predicted molar refractivity (Wildman–Crippen MR) is 87.5 cm³/mol. The number of allylic oxidation sites excluding steroid dienone is 6. The molecule has 0 aromatic heterocycles. The molecule has 0 amide bonds. The first-order chi connectivity index (χ1) is 9.77. The number of hydrogen-bond acceptors (Lipinski definition) is 2. The van der Waals surface area contributed by atoms with E-state index in [0.29, 0.717) is 6.42 Å². The topological polar surface area (TPSA) is 40.5 Å². The van der Waals surface area contributed by atoms with E-state index in [1.807, 2.05) is 0 Å². The Balaban J connectivity index is 3.21. The van der Waals surface area contributed by atoms with Crippen molar-refractivity contribution in [2.24, 2.45) is 0 Å². The fourth-order valence-corrected chi connectivity index (χ4v) is 1.95. The summed E-state index contributed by atoms with van der Waals surface area (Å²) in [7, 11) is 0. The summed E-state index contributed by atoms with van der Waals surface area (Å²) >= 11 is 0. The van der Waals surface area contributed by atoms with Gasteiger partial charge in [-0.15, -0.1) is 0 Å². The van der Waals surface area contributed by atoms with E-state index in [9.17, 15) is 0 Å². The zero-order chi connectivity index (χ0) is 14.9. The van der Waals surface area contributed by atoms with Crippen LogP contribution in [0.5, 0.6) is 0 Å². The highest BCUT2D eigenvalue weighted by Gasteiger charge is 1.96. The summed E-state index contributed by atoms with van der Waals surface area (Å²) in [6.07, 6.45) is 22.8. The van der Waals surface area contributed by atoms with Gasteiger partial charge in [0.05, 0.1) is 0 Å². The standard InChI is InChI=1S/C18H32O2/c1-2-3-4-5-6-7-8-9-10-11-12-13-14-15-16-17-18(19)20/h3-4,6-7,9-10,18-20H,2,5,8,11-17H2,1H3/b4-3-,7-6-,10-9-. The average Bonchev–Trinajstić information content (AvgIpc) is 2.43. The molecule has 0 atom stereocenters. The van der Waals surface area contributed by atoms with Crippen molar-refractivity contribution >= 4 is 0 Å². The van der Waals surface area contributed by atoms with Crippen LogP contribution in [0.15, 0.2) is 36.5 Å². The van der Waals surface area contributed by atoms with Gasteiger partial charge < -0.3 is 10.2 Å². The molecule has 0 bridgehead atoms. The summed E-state index contributed by atoms with van der Waals surface area (Å²) in [5.74, 6) is 0. The molecular formula is C18H32O2. The lowest BCUT2D eigenvalue weighted by atomic mass is 10.1. The molecule has 0 aliphatic heterocycles. The third-order valence-corrected chi connectivity index (χ3v) is 3.11. The van der Waals surface area contributed by atoms with Crippen LogP contribution in [0.25, 0.3) is 0 Å². The lowest BCUT2D eigenvalue weighted by Gasteiger charge is -2.02. The van der Waals surface area contributed by atoms with Crippen LogP contribution >= 0.6 is 0 Å². The van der Waals surface area contributed by atoms with Gasteiger partial charge in [-0.3, -0.25) is 0 Å². The highest BCUT2D eigenvalue weighted by Crippen LogP contribution is 2.08. The van der Waals surface area contributed by atoms with Crippen LogP contribution in [0.3, 0.4) is 0 Å². The van der Waals surface area contributed by atoms with Gasteiger partial charge in [0, 0.05) is 0 Å². The Hall–Kier alpha value is -0.860. The van der Waals surface area contributed by atoms with Crippen molar-refractivity contribution in [2.45, 2.75) is 77.4 Å². The second-order valence-electron chi connectivity index (χ2n) is 5.12. The maximum absolute atomic E-state index is 8.69. The predicted octanol–water partition coefficient (Wildman–Crippen LogP) is 4.89. The monoisotopic (exact) mass is 280 g/mol. The van der Waals surface area contributed by atoms with Gasteiger partial charge in [-0.2, -0.15) is 0 Å². The Kier molecular flexibility index (Phi) is 15.5. The Morgan fingerprint density at radius 3 is 1.90 bits per heavy atom. The zero-order valence-electron chi connectivity index (χ0n) is 13.0. The fourth-order valence-electron chi connectivity index (χ4n) is 1.95. The smallest absolute Gasteiger partial charge is 0.151 e. The number of rotatable bonds is 13. The molecule has 0 heterocycles. The van der Waals surface area contributed by atoms with Gasteiger partial charge in [0.2, 0.25) is 0 Å². The maximum atomic E-state index is 8.69. The van der Waals surface area contributed by atoms with E-state index in [1.165, 1.54) is 19.3 Å². The summed E-state index contributed by atoms with van der Waals surface area (Å²) in [5, 5.41) is 17.4. The number of hydrogen-bond donors (Lipinski definition) is 2. The zero-order valence-corrected chi connectivity index (χ0v) is 13.0. The second-order valence-corrected chi connectivity index (χ2v) is 5.12. The lowest BCUT2D eigenvalue weighted by molar-refractivity contribution is -0.0466. The molecule has 0 unspecified atom stereocenters. The molecule has 0 rings (SSSR count). The molecule has 2 heteroatoms. The van der Waals surface area contributed by atoms with Gasteiger partial charge in [-0.1, -0.05) is 62.6 Å². The molecule has 0 radical (unpaired) electrons. The third-order valence-electron chi connectivity index (χ3n) is 3.11. The van der Waals surface area contributed by atoms with Gasteiger partial charge in [-0.05, 0) is 44.9 Å². The minimum absolute atomic E-state index is 0.514. The van der Waals surface area contributed by atoms with Crippen LogP contribution in [0.1, 0.15) is 71.1 Å². The molecular weight excluding hydrogens is 248 g/mol. The molecule has 20 heavy (non-hydrogen) atoms.